The third kappa shape index (κ3) is 8.81. The Labute approximate surface area is 166 Å². The molecule has 6 nitrogen and oxygen atoms in total. The lowest BCUT2D eigenvalue weighted by molar-refractivity contribution is -0.122. The summed E-state index contributed by atoms with van der Waals surface area (Å²) >= 11 is 1.68. The topological polar surface area (TPSA) is 69.6 Å². The molecule has 0 bridgehead atoms. The number of aryl methyl sites for hydroxylation is 1. The Kier molecular flexibility index (Phi) is 10.5. The highest BCUT2D eigenvalue weighted by molar-refractivity contribution is 14.0. The summed E-state index contributed by atoms with van der Waals surface area (Å²) < 4.78 is 0. The maximum Gasteiger partial charge on any atom is 0.240 e. The van der Waals surface area contributed by atoms with Crippen LogP contribution in [0.2, 0.25) is 0 Å². The molecule has 1 amide bonds. The number of guanidine groups is 1. The Bertz CT molecular complexity index is 539. The molecular formula is C16H30IN5OS. The van der Waals surface area contributed by atoms with Crippen LogP contribution in [-0.4, -0.2) is 47.4 Å². The first-order valence-corrected chi connectivity index (χ1v) is 8.80. The highest BCUT2D eigenvalue weighted by Crippen LogP contribution is 2.14. The summed E-state index contributed by atoms with van der Waals surface area (Å²) in [5.74, 6) is 0.693. The average Bonchev–Trinajstić information content (AvgIpc) is 2.89. The Morgan fingerprint density at radius 1 is 1.38 bits per heavy atom. The van der Waals surface area contributed by atoms with E-state index in [2.05, 4.69) is 27.5 Å². The van der Waals surface area contributed by atoms with E-state index < -0.39 is 0 Å². The number of thiazole rings is 1. The number of nitrogens with one attached hydrogen (secondary N) is 2. The third-order valence-electron chi connectivity index (χ3n) is 2.91. The van der Waals surface area contributed by atoms with Crippen LogP contribution >= 0.6 is 35.3 Å². The molecule has 0 saturated heterocycles. The summed E-state index contributed by atoms with van der Waals surface area (Å²) in [6, 6.07) is 0. The molecule has 8 heteroatoms. The standard InChI is InChI=1S/C16H29N5OS.HI/c1-7-12-9-18-14(23-12)10-19-15(17-8-2)21(6)11-13(22)20-16(3,4)5;/h9H,7-8,10-11H2,1-6H3,(H,17,19)(H,20,22);1H. The van der Waals surface area contributed by atoms with E-state index in [-0.39, 0.29) is 42.0 Å². The molecule has 0 aliphatic rings. The van der Waals surface area contributed by atoms with Crippen molar-refractivity contribution in [3.05, 3.63) is 16.1 Å². The summed E-state index contributed by atoms with van der Waals surface area (Å²) in [7, 11) is 1.86. The van der Waals surface area contributed by atoms with Crippen molar-refractivity contribution in [2.24, 2.45) is 4.99 Å². The average molecular weight is 467 g/mol. The van der Waals surface area contributed by atoms with Crippen LogP contribution < -0.4 is 10.6 Å². The molecule has 138 valence electrons. The second kappa shape index (κ2) is 10.9. The first-order chi connectivity index (χ1) is 10.7. The van der Waals surface area contributed by atoms with E-state index in [0.29, 0.717) is 12.5 Å². The lowest BCUT2D eigenvalue weighted by Crippen LogP contribution is -2.48. The summed E-state index contributed by atoms with van der Waals surface area (Å²) in [5.41, 5.74) is -0.231. The molecule has 0 aliphatic carbocycles. The van der Waals surface area contributed by atoms with Gasteiger partial charge in [-0.2, -0.15) is 0 Å². The van der Waals surface area contributed by atoms with E-state index in [1.807, 2.05) is 45.8 Å². The molecule has 2 N–H and O–H groups in total. The van der Waals surface area contributed by atoms with Gasteiger partial charge in [-0.15, -0.1) is 35.3 Å². The minimum absolute atomic E-state index is 0. The molecule has 24 heavy (non-hydrogen) atoms. The maximum absolute atomic E-state index is 12.0. The van der Waals surface area contributed by atoms with Crippen LogP contribution in [0.5, 0.6) is 0 Å². The minimum Gasteiger partial charge on any atom is -0.357 e. The Balaban J connectivity index is 0.00000529. The van der Waals surface area contributed by atoms with Crippen molar-refractivity contribution in [3.8, 4) is 0 Å². The van der Waals surface area contributed by atoms with Crippen molar-refractivity contribution in [1.82, 2.24) is 20.5 Å². The number of halogens is 1. The van der Waals surface area contributed by atoms with Gasteiger partial charge in [-0.1, -0.05) is 6.92 Å². The van der Waals surface area contributed by atoms with Crippen molar-refractivity contribution in [3.63, 3.8) is 0 Å². The van der Waals surface area contributed by atoms with Gasteiger partial charge in [-0.05, 0) is 34.1 Å². The van der Waals surface area contributed by atoms with E-state index in [0.717, 1.165) is 18.0 Å². The molecule has 1 aromatic rings. The van der Waals surface area contributed by atoms with Gasteiger partial charge in [0.25, 0.3) is 0 Å². The van der Waals surface area contributed by atoms with Gasteiger partial charge in [0, 0.05) is 30.2 Å². The largest absolute Gasteiger partial charge is 0.357 e. The Morgan fingerprint density at radius 2 is 2.04 bits per heavy atom. The fraction of sp³-hybridized carbons (Fsp3) is 0.688. The molecular weight excluding hydrogens is 437 g/mol. The van der Waals surface area contributed by atoms with Crippen LogP contribution in [0, 0.1) is 0 Å². The predicted molar refractivity (Wildman–Crippen MR) is 112 cm³/mol. The predicted octanol–water partition coefficient (Wildman–Crippen LogP) is 2.64. The molecule has 0 atom stereocenters. The van der Waals surface area contributed by atoms with Crippen molar-refractivity contribution < 1.29 is 4.79 Å². The van der Waals surface area contributed by atoms with E-state index >= 15 is 0 Å². The number of hydrogen-bond acceptors (Lipinski definition) is 4. The SMILES string of the molecule is CCNC(=NCc1ncc(CC)s1)N(C)CC(=O)NC(C)(C)C.I. The molecule has 1 aromatic heterocycles. The van der Waals surface area contributed by atoms with Gasteiger partial charge in [0.05, 0.1) is 13.1 Å². The lowest BCUT2D eigenvalue weighted by Gasteiger charge is -2.25. The quantitative estimate of drug-likeness (QED) is 0.384. The molecule has 0 aromatic carbocycles. The van der Waals surface area contributed by atoms with Gasteiger partial charge < -0.3 is 15.5 Å². The molecule has 0 aliphatic heterocycles. The zero-order valence-corrected chi connectivity index (χ0v) is 18.6. The van der Waals surface area contributed by atoms with E-state index in [1.165, 1.54) is 4.88 Å². The zero-order chi connectivity index (χ0) is 17.5. The zero-order valence-electron chi connectivity index (χ0n) is 15.5. The first-order valence-electron chi connectivity index (χ1n) is 7.99. The molecule has 0 fully saturated rings. The summed E-state index contributed by atoms with van der Waals surface area (Å²) in [6.07, 6.45) is 2.90. The smallest absolute Gasteiger partial charge is 0.240 e. The third-order valence-corrected chi connectivity index (χ3v) is 4.03. The van der Waals surface area contributed by atoms with Crippen molar-refractivity contribution in [2.75, 3.05) is 20.1 Å². The second-order valence-corrected chi connectivity index (χ2v) is 7.60. The summed E-state index contributed by atoms with van der Waals surface area (Å²) in [4.78, 5) is 24.1. The Morgan fingerprint density at radius 3 is 2.54 bits per heavy atom. The number of amides is 1. The molecule has 1 rings (SSSR count). The van der Waals surface area contributed by atoms with E-state index in [4.69, 9.17) is 0 Å². The Hall–Kier alpha value is -0.900. The van der Waals surface area contributed by atoms with Gasteiger partial charge in [0.15, 0.2) is 5.96 Å². The first kappa shape index (κ1) is 23.1. The number of carbonyl (C=O) groups is 1. The number of aromatic nitrogens is 1. The molecule has 0 spiro atoms. The van der Waals surface area contributed by atoms with Crippen molar-refractivity contribution >= 4 is 47.2 Å². The fourth-order valence-corrected chi connectivity index (χ4v) is 2.73. The maximum atomic E-state index is 12.0. The van der Waals surface area contributed by atoms with Crippen LogP contribution in [0.1, 0.15) is 44.5 Å². The normalized spacial score (nSPS) is 11.7. The number of hydrogen-bond donors (Lipinski definition) is 2. The van der Waals surface area contributed by atoms with Crippen LogP contribution in [0.15, 0.2) is 11.2 Å². The van der Waals surface area contributed by atoms with Gasteiger partial charge >= 0.3 is 0 Å². The van der Waals surface area contributed by atoms with E-state index in [1.54, 1.807) is 11.3 Å². The van der Waals surface area contributed by atoms with Gasteiger partial charge in [-0.25, -0.2) is 9.98 Å². The minimum atomic E-state index is -0.231. The summed E-state index contributed by atoms with van der Waals surface area (Å²) in [6.45, 7) is 11.6. The van der Waals surface area contributed by atoms with Gasteiger partial charge in [0.1, 0.15) is 5.01 Å². The molecule has 1 heterocycles. The van der Waals surface area contributed by atoms with Crippen LogP contribution in [-0.2, 0) is 17.8 Å². The number of aliphatic imine (C=N–C) groups is 1. The second-order valence-electron chi connectivity index (χ2n) is 6.40. The van der Waals surface area contributed by atoms with Crippen LogP contribution in [0.25, 0.3) is 0 Å². The van der Waals surface area contributed by atoms with Crippen LogP contribution in [0.4, 0.5) is 0 Å². The van der Waals surface area contributed by atoms with Crippen LogP contribution in [0.3, 0.4) is 0 Å². The number of nitrogens with zero attached hydrogens (tertiary/aromatic N) is 3. The lowest BCUT2D eigenvalue weighted by atomic mass is 10.1. The van der Waals surface area contributed by atoms with Crippen molar-refractivity contribution in [1.29, 1.82) is 0 Å². The fourth-order valence-electron chi connectivity index (χ4n) is 1.94. The summed E-state index contributed by atoms with van der Waals surface area (Å²) in [5, 5.41) is 7.16. The molecule has 0 saturated carbocycles. The molecule has 0 unspecified atom stereocenters. The number of likely N-dealkylation sites (N-methyl/N-ethyl adjacent to an activating group) is 1. The molecule has 0 radical (unpaired) electrons. The van der Waals surface area contributed by atoms with Gasteiger partial charge in [-0.3, -0.25) is 4.79 Å². The van der Waals surface area contributed by atoms with Crippen molar-refractivity contribution in [2.45, 2.75) is 53.1 Å². The highest BCUT2D eigenvalue weighted by Gasteiger charge is 2.16. The monoisotopic (exact) mass is 467 g/mol. The number of carbonyl (C=O) groups excluding carboxylic acids is 1. The van der Waals surface area contributed by atoms with E-state index in [9.17, 15) is 4.79 Å². The highest BCUT2D eigenvalue weighted by atomic mass is 127. The number of rotatable bonds is 6. The van der Waals surface area contributed by atoms with Gasteiger partial charge in [0.2, 0.25) is 5.91 Å².